The molecule has 1 aliphatic rings. The van der Waals surface area contributed by atoms with Crippen LogP contribution in [0, 0.1) is 20.8 Å². The Morgan fingerprint density at radius 3 is 2.24 bits per heavy atom. The first-order valence-electron chi connectivity index (χ1n) is 8.53. The summed E-state index contributed by atoms with van der Waals surface area (Å²) in [5.41, 5.74) is 5.43. The van der Waals surface area contributed by atoms with Crippen molar-refractivity contribution >= 4 is 38.4 Å². The predicted octanol–water partition coefficient (Wildman–Crippen LogP) is 7.61. The number of fused-ring (bicyclic) bond motifs is 2. The van der Waals surface area contributed by atoms with Gasteiger partial charge in [-0.2, -0.15) is 0 Å². The van der Waals surface area contributed by atoms with Crippen LogP contribution in [0.1, 0.15) is 42.3 Å². The highest BCUT2D eigenvalue weighted by Gasteiger charge is 2.31. The van der Waals surface area contributed by atoms with Crippen molar-refractivity contribution in [1.29, 1.82) is 0 Å². The van der Waals surface area contributed by atoms with Gasteiger partial charge < -0.3 is 4.74 Å². The van der Waals surface area contributed by atoms with Gasteiger partial charge >= 0.3 is 0 Å². The molecule has 0 radical (unpaired) electrons. The van der Waals surface area contributed by atoms with Crippen LogP contribution in [0.25, 0.3) is 0 Å². The molecule has 4 rings (SSSR count). The third-order valence-corrected chi connectivity index (χ3v) is 6.52. The van der Waals surface area contributed by atoms with Crippen molar-refractivity contribution in [3.8, 4) is 11.5 Å². The Morgan fingerprint density at radius 2 is 1.60 bits per heavy atom. The molecule has 0 bridgehead atoms. The van der Waals surface area contributed by atoms with Gasteiger partial charge in [-0.3, -0.25) is 4.90 Å². The topological polar surface area (TPSA) is 12.5 Å². The van der Waals surface area contributed by atoms with Crippen molar-refractivity contribution in [2.75, 3.05) is 4.90 Å². The summed E-state index contributed by atoms with van der Waals surface area (Å²) in [6.07, 6.45) is 0. The average molecular weight is 370 g/mol. The van der Waals surface area contributed by atoms with Crippen LogP contribution >= 0.6 is 22.7 Å². The molecule has 4 heteroatoms. The second kappa shape index (κ2) is 5.61. The molecule has 0 amide bonds. The number of aryl methyl sites for hydroxylation is 3. The molecule has 3 heterocycles. The second-order valence-corrected chi connectivity index (χ2v) is 9.89. The first-order valence-corrected chi connectivity index (χ1v) is 10.2. The van der Waals surface area contributed by atoms with E-state index in [4.69, 9.17) is 4.74 Å². The van der Waals surface area contributed by atoms with Crippen LogP contribution in [-0.4, -0.2) is 0 Å². The maximum atomic E-state index is 6.13. The lowest BCUT2D eigenvalue weighted by Gasteiger charge is -2.32. The lowest BCUT2D eigenvalue weighted by molar-refractivity contribution is 0.482. The number of hydrogen-bond acceptors (Lipinski definition) is 4. The van der Waals surface area contributed by atoms with E-state index in [0.717, 1.165) is 11.5 Å². The number of ether oxygens (including phenoxy) is 1. The zero-order chi connectivity index (χ0) is 17.9. The lowest BCUT2D eigenvalue weighted by Crippen LogP contribution is -2.17. The fourth-order valence-electron chi connectivity index (χ4n) is 3.39. The molecular formula is C21H23NOS2. The minimum absolute atomic E-state index is 0.151. The lowest BCUT2D eigenvalue weighted by atomic mass is 9.84. The van der Waals surface area contributed by atoms with E-state index in [1.807, 2.05) is 0 Å². The molecule has 0 atom stereocenters. The van der Waals surface area contributed by atoms with Crippen molar-refractivity contribution < 1.29 is 4.74 Å². The molecule has 3 aromatic rings. The van der Waals surface area contributed by atoms with E-state index in [1.165, 1.54) is 37.3 Å². The van der Waals surface area contributed by atoms with Crippen LogP contribution in [0.3, 0.4) is 0 Å². The minimum Gasteiger partial charge on any atom is -0.451 e. The van der Waals surface area contributed by atoms with Crippen LogP contribution in [0.4, 0.5) is 15.7 Å². The normalized spacial score (nSPS) is 13.4. The van der Waals surface area contributed by atoms with Crippen molar-refractivity contribution in [3.05, 3.63) is 51.2 Å². The first-order chi connectivity index (χ1) is 11.8. The highest BCUT2D eigenvalue weighted by atomic mass is 32.1. The van der Waals surface area contributed by atoms with Crippen LogP contribution < -0.4 is 9.64 Å². The molecule has 0 N–H and O–H groups in total. The summed E-state index contributed by atoms with van der Waals surface area (Å²) in [6.45, 7) is 13.4. The summed E-state index contributed by atoms with van der Waals surface area (Å²) >= 11 is 3.53. The summed E-state index contributed by atoms with van der Waals surface area (Å²) in [6, 6.07) is 8.88. The largest absolute Gasteiger partial charge is 0.451 e. The number of rotatable bonds is 1. The third kappa shape index (κ3) is 2.68. The quantitative estimate of drug-likeness (QED) is 0.342. The Bertz CT molecular complexity index is 936. The number of thiophene rings is 2. The highest BCUT2D eigenvalue weighted by molar-refractivity contribution is 7.18. The molecule has 1 aromatic carbocycles. The fourth-order valence-corrected chi connectivity index (χ4v) is 5.23. The van der Waals surface area contributed by atoms with Crippen LogP contribution in [0.5, 0.6) is 11.5 Å². The molecule has 0 aliphatic carbocycles. The minimum atomic E-state index is 0.151. The summed E-state index contributed by atoms with van der Waals surface area (Å²) in [5, 5.41) is 4.46. The van der Waals surface area contributed by atoms with E-state index < -0.39 is 0 Å². The van der Waals surface area contributed by atoms with Gasteiger partial charge in [0.2, 0.25) is 0 Å². The molecule has 2 aromatic heterocycles. The van der Waals surface area contributed by atoms with Gasteiger partial charge in [-0.25, -0.2) is 0 Å². The Hall–Kier alpha value is -1.78. The average Bonchev–Trinajstić information content (AvgIpc) is 3.09. The van der Waals surface area contributed by atoms with Gasteiger partial charge in [0, 0.05) is 4.88 Å². The van der Waals surface area contributed by atoms with Gasteiger partial charge in [0.05, 0.1) is 5.69 Å². The smallest absolute Gasteiger partial charge is 0.163 e. The molecule has 2 nitrogen and oxygen atoms in total. The molecule has 130 valence electrons. The Morgan fingerprint density at radius 1 is 0.920 bits per heavy atom. The second-order valence-electron chi connectivity index (χ2n) is 7.76. The summed E-state index contributed by atoms with van der Waals surface area (Å²) in [7, 11) is 0. The third-order valence-electron chi connectivity index (χ3n) is 4.62. The zero-order valence-corrected chi connectivity index (χ0v) is 17.2. The zero-order valence-electron chi connectivity index (χ0n) is 15.6. The molecular weight excluding hydrogens is 346 g/mol. The van der Waals surface area contributed by atoms with Gasteiger partial charge in [-0.15, -0.1) is 22.7 Å². The number of nitrogens with zero attached hydrogens (tertiary/aromatic N) is 1. The molecule has 1 aliphatic heterocycles. The highest BCUT2D eigenvalue weighted by Crippen LogP contribution is 2.57. The van der Waals surface area contributed by atoms with E-state index in [1.54, 1.807) is 22.7 Å². The molecule has 0 saturated carbocycles. The van der Waals surface area contributed by atoms with E-state index >= 15 is 0 Å². The SMILES string of the molecule is Cc1cc2c(s1)N(c1c(C)cc(C(C)(C)C)cc1C)c1sccc1O2. The van der Waals surface area contributed by atoms with Crippen LogP contribution in [0.2, 0.25) is 0 Å². The van der Waals surface area contributed by atoms with Gasteiger partial charge in [-0.1, -0.05) is 32.9 Å². The van der Waals surface area contributed by atoms with Gasteiger partial charge in [-0.05, 0) is 60.4 Å². The van der Waals surface area contributed by atoms with Crippen LogP contribution in [0.15, 0.2) is 29.6 Å². The van der Waals surface area contributed by atoms with Crippen molar-refractivity contribution in [1.82, 2.24) is 0 Å². The van der Waals surface area contributed by atoms with Gasteiger partial charge in [0.25, 0.3) is 0 Å². The fraction of sp³-hybridized carbons (Fsp3) is 0.333. The molecule has 0 spiro atoms. The van der Waals surface area contributed by atoms with E-state index in [9.17, 15) is 0 Å². The molecule has 25 heavy (non-hydrogen) atoms. The van der Waals surface area contributed by atoms with Crippen molar-refractivity contribution in [2.45, 2.75) is 47.0 Å². The maximum absolute atomic E-state index is 6.13. The number of anilines is 3. The van der Waals surface area contributed by atoms with E-state index in [2.05, 4.69) is 76.1 Å². The van der Waals surface area contributed by atoms with Crippen LogP contribution in [-0.2, 0) is 5.41 Å². The standard InChI is InChI=1S/C21H23NOS2/c1-12-9-15(21(4,5)6)10-13(2)18(12)22-19-16(7-8-24-19)23-17-11-14(3)25-20(17)22/h7-11H,1-6H3. The van der Waals surface area contributed by atoms with Crippen molar-refractivity contribution in [3.63, 3.8) is 0 Å². The molecule has 0 fully saturated rings. The summed E-state index contributed by atoms with van der Waals surface area (Å²) in [5.74, 6) is 1.92. The molecule has 0 unspecified atom stereocenters. The predicted molar refractivity (Wildman–Crippen MR) is 110 cm³/mol. The van der Waals surface area contributed by atoms with E-state index in [0.29, 0.717) is 0 Å². The summed E-state index contributed by atoms with van der Waals surface area (Å²) in [4.78, 5) is 3.67. The Kier molecular flexibility index (Phi) is 3.74. The Balaban J connectivity index is 1.95. The number of hydrogen-bond donors (Lipinski definition) is 0. The number of benzene rings is 1. The molecule has 0 saturated heterocycles. The Labute approximate surface area is 157 Å². The van der Waals surface area contributed by atoms with Gasteiger partial charge in [0.15, 0.2) is 11.5 Å². The first kappa shape index (κ1) is 16.7. The van der Waals surface area contributed by atoms with Crippen molar-refractivity contribution in [2.24, 2.45) is 0 Å². The van der Waals surface area contributed by atoms with Gasteiger partial charge in [0.1, 0.15) is 10.0 Å². The van der Waals surface area contributed by atoms with E-state index in [-0.39, 0.29) is 5.41 Å². The summed E-state index contributed by atoms with van der Waals surface area (Å²) < 4.78 is 6.13. The monoisotopic (exact) mass is 369 g/mol. The maximum Gasteiger partial charge on any atom is 0.163 e.